The van der Waals surface area contributed by atoms with Crippen molar-refractivity contribution in [3.05, 3.63) is 70.8 Å². The van der Waals surface area contributed by atoms with Gasteiger partial charge in [-0.15, -0.1) is 0 Å². The van der Waals surface area contributed by atoms with Crippen molar-refractivity contribution >= 4 is 17.7 Å². The molecule has 2 unspecified atom stereocenters. The van der Waals surface area contributed by atoms with Crippen LogP contribution in [0.1, 0.15) is 47.3 Å². The Balaban J connectivity index is 1.32. The fourth-order valence-electron chi connectivity index (χ4n) is 5.94. The second-order valence-electron chi connectivity index (χ2n) is 11.3. The van der Waals surface area contributed by atoms with Gasteiger partial charge in [-0.2, -0.15) is 0 Å². The Labute approximate surface area is 219 Å². The molecule has 3 amide bonds. The molecule has 0 aromatic heterocycles. The summed E-state index contributed by atoms with van der Waals surface area (Å²) in [6.07, 6.45) is 2.23. The molecule has 0 radical (unpaired) electrons. The zero-order chi connectivity index (χ0) is 26.1. The van der Waals surface area contributed by atoms with Crippen LogP contribution in [0.2, 0.25) is 0 Å². The topological polar surface area (TPSA) is 73.0 Å². The second kappa shape index (κ2) is 10.7. The van der Waals surface area contributed by atoms with Crippen molar-refractivity contribution in [3.8, 4) is 0 Å². The van der Waals surface area contributed by atoms with Crippen LogP contribution < -0.4 is 5.32 Å². The van der Waals surface area contributed by atoms with Crippen LogP contribution >= 0.6 is 0 Å². The van der Waals surface area contributed by atoms with E-state index < -0.39 is 12.1 Å². The van der Waals surface area contributed by atoms with Crippen molar-refractivity contribution in [2.75, 3.05) is 33.2 Å². The number of piperazine rings is 2. The number of carbonyl (C=O) groups excluding carboxylic acids is 3. The Bertz CT molecular complexity index is 1130. The third-order valence-electron chi connectivity index (χ3n) is 8.12. The van der Waals surface area contributed by atoms with Crippen LogP contribution in [0.4, 0.5) is 0 Å². The molecule has 1 aliphatic carbocycles. The van der Waals surface area contributed by atoms with Crippen LogP contribution in [0.15, 0.2) is 48.5 Å². The average molecular weight is 503 g/mol. The van der Waals surface area contributed by atoms with Crippen molar-refractivity contribution in [2.24, 2.45) is 11.8 Å². The number of likely N-dealkylation sites (N-methyl/N-ethyl adjacent to an activating group) is 1. The van der Waals surface area contributed by atoms with Crippen LogP contribution in [0, 0.1) is 11.8 Å². The Morgan fingerprint density at radius 1 is 0.946 bits per heavy atom. The Morgan fingerprint density at radius 2 is 1.57 bits per heavy atom. The van der Waals surface area contributed by atoms with E-state index in [0.717, 1.165) is 44.6 Å². The Hall–Kier alpha value is -3.19. The lowest BCUT2D eigenvalue weighted by Crippen LogP contribution is -2.65. The smallest absolute Gasteiger partial charge is 0.253 e. The molecule has 1 N–H and O–H groups in total. The molecule has 0 spiro atoms. The predicted molar refractivity (Wildman–Crippen MR) is 143 cm³/mol. The highest BCUT2D eigenvalue weighted by molar-refractivity contribution is 5.97. The summed E-state index contributed by atoms with van der Waals surface area (Å²) in [5.74, 6) is 0.338. The number of benzene rings is 2. The Kier molecular flexibility index (Phi) is 7.33. The molecule has 2 atom stereocenters. The maximum absolute atomic E-state index is 13.9. The summed E-state index contributed by atoms with van der Waals surface area (Å²) < 4.78 is 0. The third-order valence-corrected chi connectivity index (χ3v) is 8.12. The highest BCUT2D eigenvalue weighted by Crippen LogP contribution is 2.32. The minimum Gasteiger partial charge on any atom is -0.342 e. The van der Waals surface area contributed by atoms with E-state index in [1.165, 1.54) is 11.1 Å². The summed E-state index contributed by atoms with van der Waals surface area (Å²) in [7, 11) is 2.07. The molecule has 2 aromatic carbocycles. The number of fused-ring (bicyclic) bond motifs is 1. The first-order valence-corrected chi connectivity index (χ1v) is 13.5. The molecule has 2 fully saturated rings. The second-order valence-corrected chi connectivity index (χ2v) is 11.3. The van der Waals surface area contributed by atoms with Crippen molar-refractivity contribution in [1.82, 2.24) is 20.0 Å². The first kappa shape index (κ1) is 25.5. The maximum atomic E-state index is 13.9. The largest absolute Gasteiger partial charge is 0.342 e. The molecule has 196 valence electrons. The van der Waals surface area contributed by atoms with Gasteiger partial charge in [-0.25, -0.2) is 0 Å². The lowest BCUT2D eigenvalue weighted by molar-refractivity contribution is -0.152. The SMILES string of the molecule is CC(C)CC1C(=O)NC(C2Cc3ccccc3C2)C(=O)N1Cc1ccc(C(=O)N2CCN(C)CC2)cc1. The number of carbonyl (C=O) groups is 3. The molecular weight excluding hydrogens is 464 g/mol. The summed E-state index contributed by atoms with van der Waals surface area (Å²) >= 11 is 0. The molecular formula is C30H38N4O3. The summed E-state index contributed by atoms with van der Waals surface area (Å²) in [4.78, 5) is 46.0. The number of amides is 3. The minimum atomic E-state index is -0.513. The van der Waals surface area contributed by atoms with Gasteiger partial charge >= 0.3 is 0 Å². The standard InChI is InChI=1S/C30H38N4O3/c1-20(2)16-26-28(35)31-27(25-17-23-6-4-5-7-24(23)18-25)30(37)34(26)19-21-8-10-22(11-9-21)29(36)33-14-12-32(3)13-15-33/h4-11,20,25-27H,12-19H2,1-3H3,(H,31,35). The van der Waals surface area contributed by atoms with E-state index in [4.69, 9.17) is 0 Å². The van der Waals surface area contributed by atoms with E-state index in [9.17, 15) is 14.4 Å². The van der Waals surface area contributed by atoms with Crippen LogP contribution in [-0.2, 0) is 29.0 Å². The molecule has 3 aliphatic rings. The molecule has 0 bridgehead atoms. The van der Waals surface area contributed by atoms with E-state index in [-0.39, 0.29) is 29.6 Å². The van der Waals surface area contributed by atoms with Crippen LogP contribution in [0.25, 0.3) is 0 Å². The molecule has 2 saturated heterocycles. The van der Waals surface area contributed by atoms with E-state index in [2.05, 4.69) is 43.2 Å². The van der Waals surface area contributed by atoms with E-state index in [0.29, 0.717) is 18.5 Å². The van der Waals surface area contributed by atoms with Crippen LogP contribution in [0.5, 0.6) is 0 Å². The zero-order valence-electron chi connectivity index (χ0n) is 22.2. The van der Waals surface area contributed by atoms with Crippen LogP contribution in [0.3, 0.4) is 0 Å². The molecule has 2 aromatic rings. The lowest BCUT2D eigenvalue weighted by Gasteiger charge is -2.41. The van der Waals surface area contributed by atoms with Gasteiger partial charge in [-0.1, -0.05) is 50.2 Å². The summed E-state index contributed by atoms with van der Waals surface area (Å²) in [5.41, 5.74) is 4.13. The third kappa shape index (κ3) is 5.42. The molecule has 5 rings (SSSR count). The van der Waals surface area contributed by atoms with Gasteiger partial charge in [0.05, 0.1) is 0 Å². The molecule has 2 heterocycles. The number of nitrogens with zero attached hydrogens (tertiary/aromatic N) is 3. The van der Waals surface area contributed by atoms with Gasteiger partial charge in [0.15, 0.2) is 0 Å². The van der Waals surface area contributed by atoms with Gasteiger partial charge in [-0.3, -0.25) is 14.4 Å². The summed E-state index contributed by atoms with van der Waals surface area (Å²) in [6.45, 7) is 7.75. The number of hydrogen-bond donors (Lipinski definition) is 1. The van der Waals surface area contributed by atoms with Gasteiger partial charge < -0.3 is 20.0 Å². The molecule has 0 saturated carbocycles. The number of rotatable bonds is 6. The fourth-order valence-corrected chi connectivity index (χ4v) is 5.94. The van der Waals surface area contributed by atoms with Gasteiger partial charge in [-0.05, 0) is 67.0 Å². The van der Waals surface area contributed by atoms with Gasteiger partial charge in [0, 0.05) is 38.3 Å². The monoisotopic (exact) mass is 502 g/mol. The van der Waals surface area contributed by atoms with E-state index in [1.807, 2.05) is 41.3 Å². The molecule has 37 heavy (non-hydrogen) atoms. The first-order valence-electron chi connectivity index (χ1n) is 13.5. The van der Waals surface area contributed by atoms with E-state index >= 15 is 0 Å². The minimum absolute atomic E-state index is 0.000598. The lowest BCUT2D eigenvalue weighted by atomic mass is 9.90. The van der Waals surface area contributed by atoms with E-state index in [1.54, 1.807) is 4.90 Å². The van der Waals surface area contributed by atoms with Crippen molar-refractivity contribution < 1.29 is 14.4 Å². The van der Waals surface area contributed by atoms with Crippen molar-refractivity contribution in [1.29, 1.82) is 0 Å². The van der Waals surface area contributed by atoms with Crippen molar-refractivity contribution in [3.63, 3.8) is 0 Å². The number of hydrogen-bond acceptors (Lipinski definition) is 4. The Morgan fingerprint density at radius 3 is 2.16 bits per heavy atom. The summed E-state index contributed by atoms with van der Waals surface area (Å²) in [5, 5.41) is 3.09. The molecule has 7 nitrogen and oxygen atoms in total. The highest BCUT2D eigenvalue weighted by atomic mass is 16.2. The first-order chi connectivity index (χ1) is 17.8. The van der Waals surface area contributed by atoms with Gasteiger partial charge in [0.2, 0.25) is 11.8 Å². The van der Waals surface area contributed by atoms with Gasteiger partial charge in [0.25, 0.3) is 5.91 Å². The predicted octanol–water partition coefficient (Wildman–Crippen LogP) is 2.73. The van der Waals surface area contributed by atoms with Gasteiger partial charge in [0.1, 0.15) is 12.1 Å². The number of nitrogens with one attached hydrogen (secondary N) is 1. The molecule has 2 aliphatic heterocycles. The summed E-state index contributed by atoms with van der Waals surface area (Å²) in [6, 6.07) is 14.9. The molecule has 7 heteroatoms. The quantitative estimate of drug-likeness (QED) is 0.659. The average Bonchev–Trinajstić information content (AvgIpc) is 3.32. The van der Waals surface area contributed by atoms with Crippen LogP contribution in [-0.4, -0.2) is 77.7 Å². The zero-order valence-corrected chi connectivity index (χ0v) is 22.2. The highest BCUT2D eigenvalue weighted by Gasteiger charge is 2.45. The van der Waals surface area contributed by atoms with Crippen molar-refractivity contribution in [2.45, 2.75) is 51.7 Å². The maximum Gasteiger partial charge on any atom is 0.253 e. The normalized spacial score (nSPS) is 22.9. The fraction of sp³-hybridized carbons (Fsp3) is 0.500.